The maximum absolute atomic E-state index is 13.4. The summed E-state index contributed by atoms with van der Waals surface area (Å²) in [6.07, 6.45) is 4.21. The first-order valence-corrected chi connectivity index (χ1v) is 11.3. The van der Waals surface area contributed by atoms with Crippen LogP contribution < -0.4 is 0 Å². The van der Waals surface area contributed by atoms with E-state index in [-0.39, 0.29) is 24.5 Å². The van der Waals surface area contributed by atoms with Gasteiger partial charge >= 0.3 is 0 Å². The lowest BCUT2D eigenvalue weighted by Crippen LogP contribution is -2.45. The summed E-state index contributed by atoms with van der Waals surface area (Å²) in [6.45, 7) is 6.07. The summed E-state index contributed by atoms with van der Waals surface area (Å²) in [5.41, 5.74) is 1.04. The highest BCUT2D eigenvalue weighted by Crippen LogP contribution is 2.17. The summed E-state index contributed by atoms with van der Waals surface area (Å²) in [5, 5.41) is 0. The number of aryl methyl sites for hydroxylation is 1. The summed E-state index contributed by atoms with van der Waals surface area (Å²) < 4.78 is 11.5. The predicted molar refractivity (Wildman–Crippen MR) is 119 cm³/mol. The Morgan fingerprint density at radius 2 is 1.84 bits per heavy atom. The van der Waals surface area contributed by atoms with Gasteiger partial charge in [0.25, 0.3) is 0 Å². The van der Waals surface area contributed by atoms with Crippen molar-refractivity contribution >= 4 is 11.8 Å². The summed E-state index contributed by atoms with van der Waals surface area (Å²) in [6, 6.07) is 13.7. The second-order valence-corrected chi connectivity index (χ2v) is 8.26. The molecule has 2 heterocycles. The third kappa shape index (κ3) is 7.24. The van der Waals surface area contributed by atoms with Crippen LogP contribution in [0.15, 0.2) is 46.9 Å². The number of benzene rings is 1. The number of hydrogen-bond donors (Lipinski definition) is 0. The lowest BCUT2D eigenvalue weighted by atomic mass is 10.2. The summed E-state index contributed by atoms with van der Waals surface area (Å²) in [7, 11) is 0. The number of amides is 2. The number of unbranched alkanes of at least 4 members (excludes halogenated alkanes) is 1. The number of rotatable bonds is 11. The lowest BCUT2D eigenvalue weighted by Gasteiger charge is -2.29. The van der Waals surface area contributed by atoms with Crippen molar-refractivity contribution in [3.63, 3.8) is 0 Å². The zero-order valence-corrected chi connectivity index (χ0v) is 18.7. The first-order chi connectivity index (χ1) is 15.0. The third-order valence-corrected chi connectivity index (χ3v) is 5.58. The quantitative estimate of drug-likeness (QED) is 0.537. The fourth-order valence-electron chi connectivity index (χ4n) is 3.83. The highest BCUT2D eigenvalue weighted by atomic mass is 16.5. The highest BCUT2D eigenvalue weighted by molar-refractivity contribution is 5.84. The molecule has 2 aromatic rings. The molecule has 1 atom stereocenters. The average Bonchev–Trinajstić information content (AvgIpc) is 3.43. The van der Waals surface area contributed by atoms with Gasteiger partial charge < -0.3 is 19.0 Å². The zero-order valence-electron chi connectivity index (χ0n) is 18.7. The molecule has 6 nitrogen and oxygen atoms in total. The minimum absolute atomic E-state index is 0.0219. The van der Waals surface area contributed by atoms with Crippen molar-refractivity contribution < 1.29 is 18.7 Å². The van der Waals surface area contributed by atoms with Gasteiger partial charge in [-0.2, -0.15) is 0 Å². The van der Waals surface area contributed by atoms with E-state index in [2.05, 4.69) is 6.92 Å². The van der Waals surface area contributed by atoms with Crippen molar-refractivity contribution in [1.29, 1.82) is 0 Å². The molecule has 0 spiro atoms. The van der Waals surface area contributed by atoms with Crippen molar-refractivity contribution in [2.75, 3.05) is 19.7 Å². The standard InChI is InChI=1S/C25H34N2O4/c1-3-4-12-24(28)27(17-22-11-8-15-30-22)19-25(29)26(16-21-9-6-5-7-10-21)18-23-14-13-20(2)31-23/h5-7,9-10,13-14,22H,3-4,8,11-12,15-19H2,1-2H3/t22-/m0/s1. The summed E-state index contributed by atoms with van der Waals surface area (Å²) in [5.74, 6) is 1.50. The van der Waals surface area contributed by atoms with Crippen molar-refractivity contribution in [2.45, 2.75) is 65.1 Å². The molecule has 1 fully saturated rings. The van der Waals surface area contributed by atoms with E-state index in [1.54, 1.807) is 9.80 Å². The number of carbonyl (C=O) groups is 2. The normalized spacial score (nSPS) is 15.7. The van der Waals surface area contributed by atoms with Gasteiger partial charge in [0, 0.05) is 26.1 Å². The maximum Gasteiger partial charge on any atom is 0.242 e. The van der Waals surface area contributed by atoms with Gasteiger partial charge in [0.15, 0.2) is 0 Å². The SMILES string of the molecule is CCCCC(=O)N(CC(=O)N(Cc1ccccc1)Cc1ccc(C)o1)C[C@@H]1CCCO1. The van der Waals surface area contributed by atoms with Crippen LogP contribution in [0.5, 0.6) is 0 Å². The summed E-state index contributed by atoms with van der Waals surface area (Å²) >= 11 is 0. The molecule has 0 aliphatic carbocycles. The van der Waals surface area contributed by atoms with Gasteiger partial charge in [-0.1, -0.05) is 43.7 Å². The number of carbonyl (C=O) groups excluding carboxylic acids is 2. The van der Waals surface area contributed by atoms with Crippen LogP contribution in [0.2, 0.25) is 0 Å². The Morgan fingerprint density at radius 1 is 1.03 bits per heavy atom. The molecular weight excluding hydrogens is 392 g/mol. The molecule has 31 heavy (non-hydrogen) atoms. The largest absolute Gasteiger partial charge is 0.464 e. The highest BCUT2D eigenvalue weighted by Gasteiger charge is 2.26. The molecule has 0 N–H and O–H groups in total. The van der Waals surface area contributed by atoms with Crippen molar-refractivity contribution in [3.05, 3.63) is 59.5 Å². The molecule has 6 heteroatoms. The Bertz CT molecular complexity index is 827. The topological polar surface area (TPSA) is 63.0 Å². The van der Waals surface area contributed by atoms with Gasteiger partial charge in [-0.15, -0.1) is 0 Å². The van der Waals surface area contributed by atoms with Crippen LogP contribution >= 0.6 is 0 Å². The van der Waals surface area contributed by atoms with Gasteiger partial charge in [-0.05, 0) is 43.9 Å². The third-order valence-electron chi connectivity index (χ3n) is 5.58. The molecule has 1 aromatic carbocycles. The molecule has 0 radical (unpaired) electrons. The van der Waals surface area contributed by atoms with Crippen LogP contribution in [0.3, 0.4) is 0 Å². The van der Waals surface area contributed by atoms with E-state index < -0.39 is 0 Å². The van der Waals surface area contributed by atoms with E-state index in [1.807, 2.05) is 49.4 Å². The molecule has 1 saturated heterocycles. The fraction of sp³-hybridized carbons (Fsp3) is 0.520. The first kappa shape index (κ1) is 23.1. The van der Waals surface area contributed by atoms with E-state index in [1.165, 1.54) is 0 Å². The molecule has 0 saturated carbocycles. The molecular formula is C25H34N2O4. The van der Waals surface area contributed by atoms with Crippen LogP contribution in [0.1, 0.15) is 56.1 Å². The van der Waals surface area contributed by atoms with Crippen LogP contribution in [-0.4, -0.2) is 47.4 Å². The molecule has 0 bridgehead atoms. The second-order valence-electron chi connectivity index (χ2n) is 8.26. The molecule has 3 rings (SSSR count). The predicted octanol–water partition coefficient (Wildman–Crippen LogP) is 4.31. The van der Waals surface area contributed by atoms with Gasteiger partial charge in [0.2, 0.25) is 11.8 Å². The Balaban J connectivity index is 1.73. The van der Waals surface area contributed by atoms with Gasteiger partial charge in [-0.25, -0.2) is 0 Å². The average molecular weight is 427 g/mol. The van der Waals surface area contributed by atoms with Gasteiger partial charge in [-0.3, -0.25) is 9.59 Å². The Labute approximate surface area is 185 Å². The molecule has 1 aliphatic heterocycles. The Kier molecular flexibility index (Phi) is 8.71. The zero-order chi connectivity index (χ0) is 22.1. The van der Waals surface area contributed by atoms with Crippen LogP contribution in [-0.2, 0) is 27.4 Å². The first-order valence-electron chi connectivity index (χ1n) is 11.3. The second kappa shape index (κ2) is 11.7. The molecule has 2 amide bonds. The monoisotopic (exact) mass is 426 g/mol. The molecule has 0 unspecified atom stereocenters. The Morgan fingerprint density at radius 3 is 2.48 bits per heavy atom. The number of hydrogen-bond acceptors (Lipinski definition) is 4. The number of nitrogens with zero attached hydrogens (tertiary/aromatic N) is 2. The van der Waals surface area contributed by atoms with E-state index in [4.69, 9.17) is 9.15 Å². The van der Waals surface area contributed by atoms with Crippen molar-refractivity contribution in [2.24, 2.45) is 0 Å². The fourth-order valence-corrected chi connectivity index (χ4v) is 3.83. The minimum atomic E-state index is -0.0826. The van der Waals surface area contributed by atoms with E-state index in [0.29, 0.717) is 26.1 Å². The van der Waals surface area contributed by atoms with Crippen LogP contribution in [0.25, 0.3) is 0 Å². The minimum Gasteiger partial charge on any atom is -0.464 e. The number of ether oxygens (including phenoxy) is 1. The summed E-state index contributed by atoms with van der Waals surface area (Å²) in [4.78, 5) is 29.7. The molecule has 1 aromatic heterocycles. The molecule has 168 valence electrons. The lowest BCUT2D eigenvalue weighted by molar-refractivity contribution is -0.142. The van der Waals surface area contributed by atoms with E-state index >= 15 is 0 Å². The van der Waals surface area contributed by atoms with Crippen molar-refractivity contribution in [1.82, 2.24) is 9.80 Å². The maximum atomic E-state index is 13.4. The number of furan rings is 1. The molecule has 1 aliphatic rings. The van der Waals surface area contributed by atoms with Gasteiger partial charge in [0.05, 0.1) is 19.2 Å². The Hall–Kier alpha value is -2.60. The van der Waals surface area contributed by atoms with Crippen molar-refractivity contribution in [3.8, 4) is 0 Å². The van der Waals surface area contributed by atoms with Crippen LogP contribution in [0, 0.1) is 6.92 Å². The van der Waals surface area contributed by atoms with Crippen LogP contribution in [0.4, 0.5) is 0 Å². The van der Waals surface area contributed by atoms with Gasteiger partial charge in [0.1, 0.15) is 11.5 Å². The smallest absolute Gasteiger partial charge is 0.242 e. The van der Waals surface area contributed by atoms with E-state index in [0.717, 1.165) is 49.4 Å². The van der Waals surface area contributed by atoms with E-state index in [9.17, 15) is 9.59 Å².